The Kier molecular flexibility index (Phi) is 8.28. The third kappa shape index (κ3) is 5.81. The van der Waals surface area contributed by atoms with Gasteiger partial charge in [0.25, 0.3) is 0 Å². The van der Waals surface area contributed by atoms with E-state index in [1.165, 1.54) is 20.8 Å². The van der Waals surface area contributed by atoms with Crippen LogP contribution in [0.1, 0.15) is 35.3 Å². The van der Waals surface area contributed by atoms with E-state index >= 15 is 0 Å². The van der Waals surface area contributed by atoms with Crippen LogP contribution in [0.2, 0.25) is 0 Å². The van der Waals surface area contributed by atoms with Crippen molar-refractivity contribution in [3.05, 3.63) is 113 Å². The quantitative estimate of drug-likeness (QED) is 0.278. The second-order valence-corrected chi connectivity index (χ2v) is 13.4. The van der Waals surface area contributed by atoms with E-state index in [2.05, 4.69) is 97.1 Å². The van der Waals surface area contributed by atoms with Gasteiger partial charge in [-0.3, -0.25) is 0 Å². The third-order valence-corrected chi connectivity index (χ3v) is 10.9. The molecule has 0 fully saturated rings. The van der Waals surface area contributed by atoms with Crippen LogP contribution in [-0.2, 0) is 10.9 Å². The summed E-state index contributed by atoms with van der Waals surface area (Å²) in [4.78, 5) is 14.5. The summed E-state index contributed by atoms with van der Waals surface area (Å²) in [5.41, 5.74) is -0.504. The zero-order valence-corrected chi connectivity index (χ0v) is 22.4. The summed E-state index contributed by atoms with van der Waals surface area (Å²) in [6, 6.07) is 36.4. The Morgan fingerprint density at radius 2 is 1.15 bits per heavy atom. The maximum atomic E-state index is 12.6. The summed E-state index contributed by atoms with van der Waals surface area (Å²) in [6.45, 7) is 5.70. The number of benzene rings is 3. The molecule has 2 nitrogen and oxygen atoms in total. The summed E-state index contributed by atoms with van der Waals surface area (Å²) < 4.78 is 5.60. The van der Waals surface area contributed by atoms with Crippen molar-refractivity contribution < 1.29 is 26.5 Å². The normalized spacial score (nSPS) is 11.5. The number of hydrogen-bond acceptors (Lipinski definition) is 3. The summed E-state index contributed by atoms with van der Waals surface area (Å²) in [6.07, 6.45) is 0.860. The Hall–Kier alpha value is -2.26. The van der Waals surface area contributed by atoms with Crippen LogP contribution >= 0.6 is 18.6 Å². The lowest BCUT2D eigenvalue weighted by molar-refractivity contribution is -0.000170. The molecule has 0 atom stereocenters. The average Bonchev–Trinajstić information content (AvgIpc) is 3.27. The van der Waals surface area contributed by atoms with E-state index in [9.17, 15) is 4.79 Å². The van der Waals surface area contributed by atoms with Gasteiger partial charge in [-0.1, -0.05) is 54.6 Å². The highest BCUT2D eigenvalue weighted by Crippen LogP contribution is 2.58. The zero-order valence-electron chi connectivity index (χ0n) is 19.1. The predicted molar refractivity (Wildman–Crippen MR) is 138 cm³/mol. The largest absolute Gasteiger partial charge is 1.00 e. The van der Waals surface area contributed by atoms with E-state index in [0.717, 1.165) is 6.16 Å². The van der Waals surface area contributed by atoms with Gasteiger partial charge in [0.1, 0.15) is 39.8 Å². The van der Waals surface area contributed by atoms with Gasteiger partial charge in [-0.05, 0) is 69.3 Å². The maximum absolute atomic E-state index is 12.6. The van der Waals surface area contributed by atoms with Crippen molar-refractivity contribution in [1.29, 1.82) is 0 Å². The summed E-state index contributed by atoms with van der Waals surface area (Å²) in [5.74, 6) is -0.253. The van der Waals surface area contributed by atoms with Crippen LogP contribution in [0.15, 0.2) is 103 Å². The van der Waals surface area contributed by atoms with Crippen molar-refractivity contribution in [3.8, 4) is 0 Å². The highest BCUT2D eigenvalue weighted by atomic mass is 79.9. The Morgan fingerprint density at radius 1 is 0.727 bits per heavy atom. The van der Waals surface area contributed by atoms with Crippen LogP contribution < -0.4 is 32.9 Å². The molecule has 0 spiro atoms. The van der Waals surface area contributed by atoms with Crippen LogP contribution in [0.4, 0.5) is 0 Å². The first kappa shape index (κ1) is 25.4. The van der Waals surface area contributed by atoms with Crippen molar-refractivity contribution in [1.82, 2.24) is 0 Å². The molecule has 0 saturated carbocycles. The molecule has 4 rings (SSSR count). The van der Waals surface area contributed by atoms with Crippen LogP contribution in [0.5, 0.6) is 0 Å². The van der Waals surface area contributed by atoms with Gasteiger partial charge < -0.3 is 21.7 Å². The number of carbonyl (C=O) groups is 1. The molecule has 1 heterocycles. The number of rotatable bonds is 6. The fraction of sp³-hybridized carbons (Fsp3) is 0.179. The molecule has 0 aliphatic rings. The van der Waals surface area contributed by atoms with Gasteiger partial charge in [0.05, 0.1) is 0 Å². The van der Waals surface area contributed by atoms with Crippen LogP contribution in [-0.4, -0.2) is 11.6 Å². The molecule has 4 aromatic rings. The minimum Gasteiger partial charge on any atom is -1.00 e. The fourth-order valence-corrected chi connectivity index (χ4v) is 9.48. The SMILES string of the molecule is CC(C)(C)OC(=O)c1ccc(C[P+](c2ccccc2)(c2ccccc2)c2ccccc2)s1.[Br-]. The topological polar surface area (TPSA) is 26.3 Å². The standard InChI is InChI=1S/C28H28O2PS.BrH/c1-28(2,3)30-27(29)26-20-19-25(32-26)21-31(22-13-7-4-8-14-22,23-15-9-5-10-16-23)24-17-11-6-12-18-24;/h4-20H,21H2,1-3H3;1H/q+1;/p-1. The van der Waals surface area contributed by atoms with Crippen molar-refractivity contribution in [2.24, 2.45) is 0 Å². The Bertz CT molecular complexity index is 1070. The van der Waals surface area contributed by atoms with Crippen molar-refractivity contribution >= 4 is 40.5 Å². The minimum absolute atomic E-state index is 0. The molecule has 0 N–H and O–H groups in total. The van der Waals surface area contributed by atoms with Crippen LogP contribution in [0.3, 0.4) is 0 Å². The first-order chi connectivity index (χ1) is 15.4. The van der Waals surface area contributed by atoms with E-state index in [1.807, 2.05) is 26.8 Å². The molecule has 0 aliphatic carbocycles. The van der Waals surface area contributed by atoms with Gasteiger partial charge in [-0.15, -0.1) is 11.3 Å². The van der Waals surface area contributed by atoms with E-state index in [4.69, 9.17) is 4.74 Å². The zero-order chi connectivity index (χ0) is 22.6. The number of ether oxygens (including phenoxy) is 1. The highest BCUT2D eigenvalue weighted by molar-refractivity contribution is 7.95. The Labute approximate surface area is 211 Å². The molecule has 0 amide bonds. The lowest BCUT2D eigenvalue weighted by atomic mass is 10.2. The van der Waals surface area contributed by atoms with Crippen LogP contribution in [0, 0.1) is 0 Å². The molecule has 170 valence electrons. The predicted octanol–water partition coefficient (Wildman–Crippen LogP) is 3.20. The molecule has 0 saturated heterocycles. The molecule has 33 heavy (non-hydrogen) atoms. The summed E-state index contributed by atoms with van der Waals surface area (Å²) in [7, 11) is -1.97. The molecule has 0 aliphatic heterocycles. The van der Waals surface area contributed by atoms with Crippen LogP contribution in [0.25, 0.3) is 0 Å². The van der Waals surface area contributed by atoms with Gasteiger partial charge in [-0.25, -0.2) is 4.79 Å². The first-order valence-electron chi connectivity index (χ1n) is 10.8. The monoisotopic (exact) mass is 538 g/mol. The molecule has 0 unspecified atom stereocenters. The van der Waals surface area contributed by atoms with Crippen molar-refractivity contribution in [2.75, 3.05) is 0 Å². The summed E-state index contributed by atoms with van der Waals surface area (Å²) in [5, 5.41) is 4.01. The number of carbonyl (C=O) groups excluding carboxylic acids is 1. The number of thiophene rings is 1. The molecular formula is C28H28BrO2PS. The van der Waals surface area contributed by atoms with Crippen molar-refractivity contribution in [3.63, 3.8) is 0 Å². The van der Waals surface area contributed by atoms with Gasteiger partial charge in [0, 0.05) is 4.88 Å². The smallest absolute Gasteiger partial charge is 0.348 e. The lowest BCUT2D eigenvalue weighted by Gasteiger charge is -2.27. The highest BCUT2D eigenvalue weighted by Gasteiger charge is 2.45. The van der Waals surface area contributed by atoms with E-state index in [1.54, 1.807) is 11.3 Å². The molecule has 1 aromatic heterocycles. The Balaban J connectivity index is 0.00000306. The first-order valence-corrected chi connectivity index (χ1v) is 13.5. The third-order valence-electron chi connectivity index (χ3n) is 5.25. The molecule has 5 heteroatoms. The lowest BCUT2D eigenvalue weighted by Crippen LogP contribution is -3.00. The van der Waals surface area contributed by atoms with Crippen molar-refractivity contribution in [2.45, 2.75) is 32.5 Å². The summed E-state index contributed by atoms with van der Waals surface area (Å²) >= 11 is 1.55. The van der Waals surface area contributed by atoms with Gasteiger partial charge in [0.15, 0.2) is 0 Å². The number of esters is 1. The second kappa shape index (κ2) is 10.8. The number of halogens is 1. The van der Waals surface area contributed by atoms with E-state index in [0.29, 0.717) is 4.88 Å². The fourth-order valence-electron chi connectivity index (χ4n) is 3.90. The minimum atomic E-state index is -1.97. The molecular weight excluding hydrogens is 511 g/mol. The molecule has 0 radical (unpaired) electrons. The second-order valence-electron chi connectivity index (χ2n) is 8.74. The average molecular weight is 539 g/mol. The Morgan fingerprint density at radius 3 is 1.55 bits per heavy atom. The van der Waals surface area contributed by atoms with Gasteiger partial charge >= 0.3 is 5.97 Å². The molecule has 0 bridgehead atoms. The number of hydrogen-bond donors (Lipinski definition) is 0. The van der Waals surface area contributed by atoms with Gasteiger partial charge in [-0.2, -0.15) is 0 Å². The maximum Gasteiger partial charge on any atom is 0.348 e. The van der Waals surface area contributed by atoms with E-state index in [-0.39, 0.29) is 23.0 Å². The van der Waals surface area contributed by atoms with E-state index < -0.39 is 12.9 Å². The van der Waals surface area contributed by atoms with Gasteiger partial charge in [0.2, 0.25) is 0 Å². The molecule has 3 aromatic carbocycles.